The Kier molecular flexibility index (Phi) is 5.82. The number of carbonyl (C=O) groups excluding carboxylic acids is 1. The quantitative estimate of drug-likeness (QED) is 0.715. The van der Waals surface area contributed by atoms with Gasteiger partial charge in [0.05, 0.1) is 5.88 Å². The Hall–Kier alpha value is -1.80. The molecule has 110 valence electrons. The largest absolute Gasteiger partial charge is 0.489 e. The van der Waals surface area contributed by atoms with Crippen LogP contribution < -0.4 is 4.74 Å². The normalized spacial score (nSPS) is 11.9. The van der Waals surface area contributed by atoms with Crippen molar-refractivity contribution in [3.8, 4) is 5.75 Å². The van der Waals surface area contributed by atoms with Crippen LogP contribution in [0.25, 0.3) is 0 Å². The van der Waals surface area contributed by atoms with Crippen LogP contribution in [0.2, 0.25) is 0 Å². The highest BCUT2D eigenvalue weighted by Gasteiger charge is 2.12. The molecule has 2 nitrogen and oxygen atoms in total. The zero-order valence-electron chi connectivity index (χ0n) is 12.1. The summed E-state index contributed by atoms with van der Waals surface area (Å²) in [5.41, 5.74) is 2.26. The highest BCUT2D eigenvalue weighted by molar-refractivity contribution is 6.27. The van der Waals surface area contributed by atoms with Crippen molar-refractivity contribution in [1.29, 1.82) is 0 Å². The van der Waals surface area contributed by atoms with Gasteiger partial charge in [0.2, 0.25) is 0 Å². The van der Waals surface area contributed by atoms with E-state index in [4.69, 9.17) is 16.3 Å². The molecule has 0 aliphatic heterocycles. The average molecular weight is 303 g/mol. The minimum Gasteiger partial charge on any atom is -0.489 e. The molecule has 0 amide bonds. The van der Waals surface area contributed by atoms with Gasteiger partial charge in [-0.05, 0) is 29.7 Å². The zero-order chi connectivity index (χ0) is 15.1. The van der Waals surface area contributed by atoms with E-state index in [1.165, 1.54) is 0 Å². The fraction of sp³-hybridized carbons (Fsp3) is 0.278. The Morgan fingerprint density at radius 1 is 1.05 bits per heavy atom. The van der Waals surface area contributed by atoms with E-state index in [0.29, 0.717) is 13.0 Å². The van der Waals surface area contributed by atoms with Gasteiger partial charge in [-0.15, -0.1) is 11.6 Å². The van der Waals surface area contributed by atoms with Crippen LogP contribution in [-0.4, -0.2) is 11.7 Å². The van der Waals surface area contributed by atoms with Gasteiger partial charge >= 0.3 is 0 Å². The highest BCUT2D eigenvalue weighted by Crippen LogP contribution is 2.17. The van der Waals surface area contributed by atoms with E-state index in [0.717, 1.165) is 16.9 Å². The molecule has 21 heavy (non-hydrogen) atoms. The molecule has 2 aromatic carbocycles. The molecular formula is C18H19ClO2. The Labute approximate surface area is 130 Å². The van der Waals surface area contributed by atoms with E-state index >= 15 is 0 Å². The lowest BCUT2D eigenvalue weighted by atomic mass is 9.98. The van der Waals surface area contributed by atoms with Crippen LogP contribution in [0.15, 0.2) is 54.6 Å². The molecule has 0 heterocycles. The van der Waals surface area contributed by atoms with Crippen LogP contribution in [0.3, 0.4) is 0 Å². The summed E-state index contributed by atoms with van der Waals surface area (Å²) < 4.78 is 5.73. The van der Waals surface area contributed by atoms with Crippen molar-refractivity contribution >= 4 is 17.4 Å². The van der Waals surface area contributed by atoms with Crippen molar-refractivity contribution in [2.75, 3.05) is 5.88 Å². The summed E-state index contributed by atoms with van der Waals surface area (Å²) in [6, 6.07) is 17.9. The first-order valence-electron chi connectivity index (χ1n) is 7.03. The molecule has 1 unspecified atom stereocenters. The average Bonchev–Trinajstić information content (AvgIpc) is 2.54. The molecule has 0 saturated carbocycles. The maximum absolute atomic E-state index is 11.5. The van der Waals surface area contributed by atoms with Crippen molar-refractivity contribution in [3.63, 3.8) is 0 Å². The molecule has 0 aromatic heterocycles. The molecule has 2 aromatic rings. The molecule has 3 heteroatoms. The van der Waals surface area contributed by atoms with Gasteiger partial charge in [-0.25, -0.2) is 0 Å². The minimum absolute atomic E-state index is 0.0430. The number of hydrogen-bond acceptors (Lipinski definition) is 2. The Bertz CT molecular complexity index is 564. The van der Waals surface area contributed by atoms with Gasteiger partial charge in [0, 0.05) is 5.92 Å². The van der Waals surface area contributed by atoms with Gasteiger partial charge in [0.1, 0.15) is 12.4 Å². The van der Waals surface area contributed by atoms with Crippen LogP contribution >= 0.6 is 11.6 Å². The summed E-state index contributed by atoms with van der Waals surface area (Å²) >= 11 is 5.57. The Morgan fingerprint density at radius 2 is 1.71 bits per heavy atom. The first-order valence-corrected chi connectivity index (χ1v) is 7.57. The molecule has 0 spiro atoms. The smallest absolute Gasteiger partial charge is 0.150 e. The second kappa shape index (κ2) is 7.84. The molecule has 0 saturated heterocycles. The zero-order valence-corrected chi connectivity index (χ0v) is 12.8. The monoisotopic (exact) mass is 302 g/mol. The van der Waals surface area contributed by atoms with Crippen molar-refractivity contribution in [2.24, 2.45) is 5.92 Å². The number of carbonyl (C=O) groups is 1. The van der Waals surface area contributed by atoms with Crippen LogP contribution in [0.4, 0.5) is 0 Å². The maximum Gasteiger partial charge on any atom is 0.150 e. The van der Waals surface area contributed by atoms with E-state index in [-0.39, 0.29) is 17.6 Å². The Balaban J connectivity index is 1.88. The van der Waals surface area contributed by atoms with E-state index in [1.54, 1.807) is 0 Å². The lowest BCUT2D eigenvalue weighted by molar-refractivity contribution is -0.119. The topological polar surface area (TPSA) is 26.3 Å². The molecule has 0 bridgehead atoms. The highest BCUT2D eigenvalue weighted by atomic mass is 35.5. The third kappa shape index (κ3) is 4.91. The van der Waals surface area contributed by atoms with Crippen LogP contribution in [-0.2, 0) is 17.8 Å². The van der Waals surface area contributed by atoms with Gasteiger partial charge in [0.15, 0.2) is 5.78 Å². The number of Topliss-reactive ketones (excluding diaryl/α,β-unsaturated/α-hetero) is 1. The van der Waals surface area contributed by atoms with Gasteiger partial charge in [-0.3, -0.25) is 4.79 Å². The number of hydrogen-bond donors (Lipinski definition) is 0. The van der Waals surface area contributed by atoms with Gasteiger partial charge < -0.3 is 4.74 Å². The third-order valence-corrected chi connectivity index (χ3v) is 3.66. The SMILES string of the molecule is CC(Cc1ccc(OCc2ccccc2)cc1)C(=O)CCl. The molecule has 1 atom stereocenters. The third-order valence-electron chi connectivity index (χ3n) is 3.39. The summed E-state index contributed by atoms with van der Waals surface area (Å²) in [5, 5.41) is 0. The predicted octanol–water partition coefficient (Wildman–Crippen LogP) is 4.25. The standard InChI is InChI=1S/C18H19ClO2/c1-14(18(20)12-19)11-15-7-9-17(10-8-15)21-13-16-5-3-2-4-6-16/h2-10,14H,11-13H2,1H3. The van der Waals surface area contributed by atoms with Crippen molar-refractivity contribution in [3.05, 3.63) is 65.7 Å². The first-order chi connectivity index (χ1) is 10.2. The van der Waals surface area contributed by atoms with E-state index < -0.39 is 0 Å². The minimum atomic E-state index is -0.0430. The van der Waals surface area contributed by atoms with E-state index in [9.17, 15) is 4.79 Å². The van der Waals surface area contributed by atoms with Crippen LogP contribution in [0, 0.1) is 5.92 Å². The van der Waals surface area contributed by atoms with E-state index in [2.05, 4.69) is 0 Å². The molecule has 0 aliphatic rings. The molecule has 0 N–H and O–H groups in total. The van der Waals surface area contributed by atoms with Gasteiger partial charge in [0.25, 0.3) is 0 Å². The van der Waals surface area contributed by atoms with Crippen molar-refractivity contribution < 1.29 is 9.53 Å². The molecule has 0 radical (unpaired) electrons. The summed E-state index contributed by atoms with van der Waals surface area (Å²) in [7, 11) is 0. The van der Waals surface area contributed by atoms with E-state index in [1.807, 2.05) is 61.5 Å². The number of alkyl halides is 1. The van der Waals surface area contributed by atoms with Crippen LogP contribution in [0.5, 0.6) is 5.75 Å². The first kappa shape index (κ1) is 15.6. The fourth-order valence-electron chi connectivity index (χ4n) is 2.06. The molecule has 2 rings (SSSR count). The second-order valence-corrected chi connectivity index (χ2v) is 5.39. The maximum atomic E-state index is 11.5. The summed E-state index contributed by atoms with van der Waals surface area (Å²) in [5.74, 6) is 0.956. The summed E-state index contributed by atoms with van der Waals surface area (Å²) in [6.45, 7) is 2.46. The number of halogens is 1. The van der Waals surface area contributed by atoms with Gasteiger partial charge in [-0.1, -0.05) is 49.4 Å². The molecule has 0 fully saturated rings. The number of ether oxygens (including phenoxy) is 1. The number of benzene rings is 2. The van der Waals surface area contributed by atoms with Crippen LogP contribution in [0.1, 0.15) is 18.1 Å². The fourth-order valence-corrected chi connectivity index (χ4v) is 2.33. The lowest BCUT2D eigenvalue weighted by Crippen LogP contribution is -2.14. The lowest BCUT2D eigenvalue weighted by Gasteiger charge is -2.10. The molecular weight excluding hydrogens is 284 g/mol. The van der Waals surface area contributed by atoms with Crippen molar-refractivity contribution in [1.82, 2.24) is 0 Å². The predicted molar refractivity (Wildman–Crippen MR) is 85.8 cm³/mol. The van der Waals surface area contributed by atoms with Gasteiger partial charge in [-0.2, -0.15) is 0 Å². The second-order valence-electron chi connectivity index (χ2n) is 5.12. The van der Waals surface area contributed by atoms with Crippen molar-refractivity contribution in [2.45, 2.75) is 20.0 Å². The summed E-state index contributed by atoms with van der Waals surface area (Å²) in [6.07, 6.45) is 0.713. The number of rotatable bonds is 7. The Morgan fingerprint density at radius 3 is 2.33 bits per heavy atom. The summed E-state index contributed by atoms with van der Waals surface area (Å²) in [4.78, 5) is 11.5. The molecule has 0 aliphatic carbocycles. The number of ketones is 1.